The Morgan fingerprint density at radius 1 is 1.26 bits per heavy atom. The Bertz CT molecular complexity index is 353. The number of hydrogen-bond donors (Lipinski definition) is 2. The van der Waals surface area contributed by atoms with Crippen LogP contribution in [0.25, 0.3) is 0 Å². The molecule has 0 aromatic heterocycles. The van der Waals surface area contributed by atoms with Crippen molar-refractivity contribution in [2.75, 3.05) is 13.1 Å². The Balaban J connectivity index is 1.76. The molecule has 1 unspecified atom stereocenters. The molecule has 2 aliphatic rings. The van der Waals surface area contributed by atoms with Crippen molar-refractivity contribution >= 4 is 11.9 Å². The van der Waals surface area contributed by atoms with Crippen LogP contribution >= 0.6 is 0 Å². The Kier molecular flexibility index (Phi) is 4.45. The van der Waals surface area contributed by atoms with Gasteiger partial charge in [-0.25, -0.2) is 0 Å². The second-order valence-electron chi connectivity index (χ2n) is 6.07. The highest BCUT2D eigenvalue weighted by Crippen LogP contribution is 2.28. The topological polar surface area (TPSA) is 83.6 Å². The van der Waals surface area contributed by atoms with E-state index in [1.807, 2.05) is 0 Å². The lowest BCUT2D eigenvalue weighted by Gasteiger charge is -2.23. The average Bonchev–Trinajstić information content (AvgIpc) is 2.81. The molecule has 2 fully saturated rings. The first-order valence-corrected chi connectivity index (χ1v) is 7.31. The van der Waals surface area contributed by atoms with Crippen molar-refractivity contribution < 1.29 is 14.7 Å². The van der Waals surface area contributed by atoms with Gasteiger partial charge in [-0.1, -0.05) is 32.1 Å². The predicted molar refractivity (Wildman–Crippen MR) is 71.6 cm³/mol. The molecule has 1 saturated heterocycles. The van der Waals surface area contributed by atoms with Gasteiger partial charge in [-0.15, -0.1) is 0 Å². The van der Waals surface area contributed by atoms with Crippen LogP contribution in [0.1, 0.15) is 51.4 Å². The van der Waals surface area contributed by atoms with E-state index in [2.05, 4.69) is 0 Å². The van der Waals surface area contributed by atoms with Crippen LogP contribution in [0.2, 0.25) is 0 Å². The number of carboxylic acid groups (broad SMARTS) is 1. The number of amides is 1. The van der Waals surface area contributed by atoms with Crippen molar-refractivity contribution in [2.45, 2.75) is 56.9 Å². The smallest absolute Gasteiger partial charge is 0.325 e. The lowest BCUT2D eigenvalue weighted by atomic mass is 9.86. The van der Waals surface area contributed by atoms with E-state index in [0.29, 0.717) is 25.3 Å². The van der Waals surface area contributed by atoms with E-state index < -0.39 is 11.5 Å². The number of likely N-dealkylation sites (tertiary alicyclic amines) is 1. The highest BCUT2D eigenvalue weighted by molar-refractivity contribution is 5.83. The van der Waals surface area contributed by atoms with E-state index >= 15 is 0 Å². The second-order valence-corrected chi connectivity index (χ2v) is 6.07. The molecule has 0 aromatic carbocycles. The summed E-state index contributed by atoms with van der Waals surface area (Å²) in [6.07, 6.45) is 8.22. The monoisotopic (exact) mass is 268 g/mol. The van der Waals surface area contributed by atoms with Crippen LogP contribution in [0.5, 0.6) is 0 Å². The largest absolute Gasteiger partial charge is 0.480 e. The maximum atomic E-state index is 12.1. The molecule has 2 rings (SSSR count). The van der Waals surface area contributed by atoms with Crippen molar-refractivity contribution in [2.24, 2.45) is 11.7 Å². The van der Waals surface area contributed by atoms with Crippen molar-refractivity contribution in [1.29, 1.82) is 0 Å². The molecule has 5 nitrogen and oxygen atoms in total. The third-order valence-electron chi connectivity index (χ3n) is 4.57. The van der Waals surface area contributed by atoms with Crippen LogP contribution in [-0.2, 0) is 9.59 Å². The van der Waals surface area contributed by atoms with Gasteiger partial charge < -0.3 is 15.7 Å². The van der Waals surface area contributed by atoms with Gasteiger partial charge in [-0.3, -0.25) is 9.59 Å². The first-order valence-electron chi connectivity index (χ1n) is 7.31. The van der Waals surface area contributed by atoms with Crippen LogP contribution < -0.4 is 5.73 Å². The van der Waals surface area contributed by atoms with E-state index in [-0.39, 0.29) is 12.5 Å². The van der Waals surface area contributed by atoms with Crippen LogP contribution in [0.4, 0.5) is 0 Å². The molecule has 0 aromatic rings. The molecule has 0 spiro atoms. The van der Waals surface area contributed by atoms with E-state index in [0.717, 1.165) is 6.42 Å². The van der Waals surface area contributed by atoms with Gasteiger partial charge in [0.25, 0.3) is 0 Å². The van der Waals surface area contributed by atoms with E-state index in [4.69, 9.17) is 10.8 Å². The summed E-state index contributed by atoms with van der Waals surface area (Å²) >= 11 is 0. The molecule has 0 bridgehead atoms. The second kappa shape index (κ2) is 5.90. The zero-order valence-electron chi connectivity index (χ0n) is 11.4. The van der Waals surface area contributed by atoms with Crippen molar-refractivity contribution in [1.82, 2.24) is 4.90 Å². The SMILES string of the molecule is NC1(C(=O)O)CCN(C(=O)CCC2CCCCC2)C1. The number of carbonyl (C=O) groups is 2. The van der Waals surface area contributed by atoms with Crippen molar-refractivity contribution in [3.05, 3.63) is 0 Å². The van der Waals surface area contributed by atoms with Gasteiger partial charge in [0.1, 0.15) is 5.54 Å². The summed E-state index contributed by atoms with van der Waals surface area (Å²) in [6, 6.07) is 0. The standard InChI is InChI=1S/C14H24N2O3/c15-14(13(18)19)8-9-16(10-14)12(17)7-6-11-4-2-1-3-5-11/h11H,1-10,15H2,(H,18,19). The predicted octanol–water partition coefficient (Wildman–Crippen LogP) is 1.36. The summed E-state index contributed by atoms with van der Waals surface area (Å²) < 4.78 is 0. The van der Waals surface area contributed by atoms with E-state index in [1.54, 1.807) is 4.90 Å². The minimum absolute atomic E-state index is 0.0687. The molecular weight excluding hydrogens is 244 g/mol. The summed E-state index contributed by atoms with van der Waals surface area (Å²) in [6.45, 7) is 0.637. The fourth-order valence-electron chi connectivity index (χ4n) is 3.18. The van der Waals surface area contributed by atoms with Gasteiger partial charge in [0.2, 0.25) is 5.91 Å². The molecule has 1 amide bonds. The van der Waals surface area contributed by atoms with Gasteiger partial charge in [0.05, 0.1) is 0 Å². The third kappa shape index (κ3) is 3.47. The quantitative estimate of drug-likeness (QED) is 0.806. The number of rotatable bonds is 4. The zero-order chi connectivity index (χ0) is 13.9. The van der Waals surface area contributed by atoms with Crippen LogP contribution in [0.3, 0.4) is 0 Å². The van der Waals surface area contributed by atoms with Crippen LogP contribution in [0.15, 0.2) is 0 Å². The molecule has 1 heterocycles. The first-order chi connectivity index (χ1) is 9.01. The van der Waals surface area contributed by atoms with Crippen LogP contribution in [0, 0.1) is 5.92 Å². The van der Waals surface area contributed by atoms with Crippen LogP contribution in [-0.4, -0.2) is 40.5 Å². The Morgan fingerprint density at radius 2 is 1.95 bits per heavy atom. The molecule has 108 valence electrons. The minimum atomic E-state index is -1.24. The number of carboxylic acids is 1. The zero-order valence-corrected chi connectivity index (χ0v) is 11.4. The highest BCUT2D eigenvalue weighted by Gasteiger charge is 2.42. The van der Waals surface area contributed by atoms with Gasteiger partial charge in [-0.05, 0) is 18.8 Å². The minimum Gasteiger partial charge on any atom is -0.480 e. The fourth-order valence-corrected chi connectivity index (χ4v) is 3.18. The number of carbonyl (C=O) groups excluding carboxylic acids is 1. The molecule has 1 aliphatic heterocycles. The molecule has 1 saturated carbocycles. The maximum Gasteiger partial charge on any atom is 0.325 e. The molecule has 19 heavy (non-hydrogen) atoms. The van der Waals surface area contributed by atoms with Gasteiger partial charge >= 0.3 is 5.97 Å². The number of aliphatic carboxylic acids is 1. The maximum absolute atomic E-state index is 12.1. The van der Waals surface area contributed by atoms with Gasteiger partial charge in [0, 0.05) is 19.5 Å². The molecule has 1 aliphatic carbocycles. The van der Waals surface area contributed by atoms with E-state index in [1.165, 1.54) is 32.1 Å². The van der Waals surface area contributed by atoms with Gasteiger partial charge in [0.15, 0.2) is 0 Å². The highest BCUT2D eigenvalue weighted by atomic mass is 16.4. The summed E-state index contributed by atoms with van der Waals surface area (Å²) in [5.41, 5.74) is 4.54. The van der Waals surface area contributed by atoms with E-state index in [9.17, 15) is 9.59 Å². The lowest BCUT2D eigenvalue weighted by Crippen LogP contribution is -2.50. The Morgan fingerprint density at radius 3 is 2.53 bits per heavy atom. The van der Waals surface area contributed by atoms with Crippen molar-refractivity contribution in [3.63, 3.8) is 0 Å². The Labute approximate surface area is 114 Å². The summed E-state index contributed by atoms with van der Waals surface area (Å²) in [5, 5.41) is 9.04. The lowest BCUT2D eigenvalue weighted by molar-refractivity contribution is -0.143. The molecule has 0 radical (unpaired) electrons. The molecule has 3 N–H and O–H groups in total. The van der Waals surface area contributed by atoms with Gasteiger partial charge in [-0.2, -0.15) is 0 Å². The summed E-state index contributed by atoms with van der Waals surface area (Å²) in [4.78, 5) is 24.7. The summed E-state index contributed by atoms with van der Waals surface area (Å²) in [7, 11) is 0. The third-order valence-corrected chi connectivity index (χ3v) is 4.57. The van der Waals surface area contributed by atoms with Crippen molar-refractivity contribution in [3.8, 4) is 0 Å². The average molecular weight is 268 g/mol. The number of nitrogens with zero attached hydrogens (tertiary/aromatic N) is 1. The first kappa shape index (κ1) is 14.3. The molecule has 5 heteroatoms. The molecular formula is C14H24N2O3. The number of nitrogens with two attached hydrogens (primary N) is 1. The summed E-state index contributed by atoms with van der Waals surface area (Å²) in [5.74, 6) is -0.253. The number of hydrogen-bond acceptors (Lipinski definition) is 3. The normalized spacial score (nSPS) is 28.6. The molecule has 1 atom stereocenters. The Hall–Kier alpha value is -1.10. The fraction of sp³-hybridized carbons (Fsp3) is 0.857.